The Hall–Kier alpha value is -1.37. The summed E-state index contributed by atoms with van der Waals surface area (Å²) < 4.78 is 1.39. The van der Waals surface area contributed by atoms with Crippen LogP contribution >= 0.6 is 0 Å². The Morgan fingerprint density at radius 1 is 1.78 bits per heavy atom. The Kier molecular flexibility index (Phi) is 1.45. The van der Waals surface area contributed by atoms with Crippen LogP contribution < -0.4 is 0 Å². The van der Waals surface area contributed by atoms with Crippen molar-refractivity contribution in [2.45, 2.75) is 13.0 Å². The van der Waals surface area contributed by atoms with E-state index in [0.29, 0.717) is 0 Å². The topological polar surface area (TPSA) is 43.6 Å². The summed E-state index contributed by atoms with van der Waals surface area (Å²) in [5, 5.41) is 10.2. The van der Waals surface area contributed by atoms with Crippen LogP contribution in [0.3, 0.4) is 0 Å². The summed E-state index contributed by atoms with van der Waals surface area (Å²) in [6.07, 6.45) is 7.57. The predicted molar refractivity (Wildman–Crippen MR) is 30.2 cm³/mol. The van der Waals surface area contributed by atoms with Gasteiger partial charge in [-0.05, 0) is 17.4 Å². The molecular formula is C5H5N4. The average molecular weight is 121 g/mol. The van der Waals surface area contributed by atoms with Crippen molar-refractivity contribution < 1.29 is 0 Å². The highest BCUT2D eigenvalue weighted by Gasteiger charge is 1.98. The molecular weight excluding hydrogens is 116 g/mol. The summed E-state index contributed by atoms with van der Waals surface area (Å²) in [5.41, 5.74) is 0. The maximum absolute atomic E-state index is 5.08. The highest BCUT2D eigenvalue weighted by atomic mass is 15.5. The average Bonchev–Trinajstić information content (AvgIpc) is 2.37. The second-order valence-corrected chi connectivity index (χ2v) is 1.57. The van der Waals surface area contributed by atoms with Gasteiger partial charge in [-0.1, -0.05) is 5.92 Å². The molecule has 1 rings (SSSR count). The molecule has 0 fully saturated rings. The lowest BCUT2D eigenvalue weighted by Gasteiger charge is -1.97. The largest absolute Gasteiger partial charge is 0.222 e. The fourth-order valence-corrected chi connectivity index (χ4v) is 0.384. The maximum atomic E-state index is 5.08. The number of hydrogen-bond acceptors (Lipinski definition) is 3. The summed E-state index contributed by atoms with van der Waals surface area (Å²) >= 11 is 0. The molecule has 1 radical (unpaired) electrons. The second-order valence-electron chi connectivity index (χ2n) is 1.57. The Bertz CT molecular complexity index is 207. The summed E-state index contributed by atoms with van der Waals surface area (Å²) in [6.45, 7) is 1.81. The predicted octanol–water partition coefficient (Wildman–Crippen LogP) is -0.333. The first-order valence-electron chi connectivity index (χ1n) is 2.46. The molecule has 0 spiro atoms. The van der Waals surface area contributed by atoms with Gasteiger partial charge in [0.2, 0.25) is 6.33 Å². The van der Waals surface area contributed by atoms with Gasteiger partial charge in [0.05, 0.1) is 0 Å². The molecule has 0 bridgehead atoms. The first kappa shape index (κ1) is 5.76. The summed E-state index contributed by atoms with van der Waals surface area (Å²) in [5.74, 6) is 2.46. The summed E-state index contributed by atoms with van der Waals surface area (Å²) in [4.78, 5) is 0. The first-order chi connectivity index (χ1) is 4.34. The molecule has 0 aliphatic heterocycles. The maximum Gasteiger partial charge on any atom is 0.222 e. The van der Waals surface area contributed by atoms with Crippen molar-refractivity contribution in [3.05, 3.63) is 6.33 Å². The Balaban J connectivity index is 2.80. The molecule has 0 saturated carbocycles. The minimum atomic E-state index is -0.111. The van der Waals surface area contributed by atoms with Gasteiger partial charge < -0.3 is 0 Å². The normalized spacial score (nSPS) is 12.4. The van der Waals surface area contributed by atoms with E-state index in [1.807, 2.05) is 6.92 Å². The lowest BCUT2D eigenvalue weighted by Crippen LogP contribution is -2.02. The Labute approximate surface area is 52.9 Å². The van der Waals surface area contributed by atoms with Crippen LogP contribution in [0.15, 0.2) is 0 Å². The molecule has 1 heterocycles. The van der Waals surface area contributed by atoms with Gasteiger partial charge in [0, 0.05) is 0 Å². The molecule has 9 heavy (non-hydrogen) atoms. The molecule has 1 aromatic heterocycles. The molecule has 0 aromatic carbocycles. The van der Waals surface area contributed by atoms with Crippen LogP contribution in [-0.4, -0.2) is 20.2 Å². The van der Waals surface area contributed by atoms with Crippen molar-refractivity contribution >= 4 is 0 Å². The minimum Gasteiger partial charge on any atom is -0.208 e. The highest BCUT2D eigenvalue weighted by molar-refractivity contribution is 4.92. The zero-order valence-electron chi connectivity index (χ0n) is 4.94. The fraction of sp³-hybridized carbons (Fsp3) is 0.400. The van der Waals surface area contributed by atoms with E-state index < -0.39 is 0 Å². The van der Waals surface area contributed by atoms with E-state index in [9.17, 15) is 0 Å². The molecule has 1 unspecified atom stereocenters. The number of tetrazole rings is 1. The van der Waals surface area contributed by atoms with Crippen molar-refractivity contribution in [2.75, 3.05) is 0 Å². The van der Waals surface area contributed by atoms with Gasteiger partial charge in [-0.25, -0.2) is 4.68 Å². The van der Waals surface area contributed by atoms with Gasteiger partial charge >= 0.3 is 0 Å². The monoisotopic (exact) mass is 121 g/mol. The fourth-order valence-electron chi connectivity index (χ4n) is 0.384. The molecule has 0 N–H and O–H groups in total. The van der Waals surface area contributed by atoms with Crippen molar-refractivity contribution in [1.29, 1.82) is 0 Å². The van der Waals surface area contributed by atoms with E-state index in [2.05, 4.69) is 27.8 Å². The molecule has 1 aromatic rings. The van der Waals surface area contributed by atoms with Crippen molar-refractivity contribution in [2.24, 2.45) is 0 Å². The van der Waals surface area contributed by atoms with Crippen LogP contribution in [-0.2, 0) is 0 Å². The third-order valence-corrected chi connectivity index (χ3v) is 0.936. The molecule has 4 nitrogen and oxygen atoms in total. The van der Waals surface area contributed by atoms with Crippen LogP contribution in [0.4, 0.5) is 0 Å². The van der Waals surface area contributed by atoms with E-state index >= 15 is 0 Å². The highest BCUT2D eigenvalue weighted by Crippen LogP contribution is 1.95. The van der Waals surface area contributed by atoms with Gasteiger partial charge in [0.1, 0.15) is 6.04 Å². The molecule has 45 valence electrons. The third kappa shape index (κ3) is 1.05. The molecule has 0 amide bonds. The lowest BCUT2D eigenvalue weighted by molar-refractivity contribution is 0.568. The van der Waals surface area contributed by atoms with Crippen LogP contribution in [0, 0.1) is 18.7 Å². The number of rotatable bonds is 1. The Morgan fingerprint density at radius 3 is 3.00 bits per heavy atom. The van der Waals surface area contributed by atoms with Crippen molar-refractivity contribution in [3.8, 4) is 12.3 Å². The second kappa shape index (κ2) is 2.27. The lowest BCUT2D eigenvalue weighted by atomic mass is 10.4. The molecule has 1 atom stereocenters. The van der Waals surface area contributed by atoms with Crippen LogP contribution in [0.1, 0.15) is 13.0 Å². The van der Waals surface area contributed by atoms with Gasteiger partial charge in [-0.15, -0.1) is 11.5 Å². The van der Waals surface area contributed by atoms with Gasteiger partial charge in [-0.2, -0.15) is 0 Å². The van der Waals surface area contributed by atoms with E-state index in [0.717, 1.165) is 0 Å². The molecule has 0 aliphatic rings. The van der Waals surface area contributed by atoms with E-state index in [1.165, 1.54) is 4.68 Å². The van der Waals surface area contributed by atoms with Crippen molar-refractivity contribution in [1.82, 2.24) is 20.2 Å². The van der Waals surface area contributed by atoms with Crippen LogP contribution in [0.25, 0.3) is 0 Å². The van der Waals surface area contributed by atoms with Crippen LogP contribution in [0.5, 0.6) is 0 Å². The zero-order valence-corrected chi connectivity index (χ0v) is 4.94. The first-order valence-corrected chi connectivity index (χ1v) is 2.46. The number of aromatic nitrogens is 4. The SMILES string of the molecule is C#CC(C)n1[c]nnn1. The van der Waals surface area contributed by atoms with E-state index in [1.54, 1.807) is 0 Å². The number of nitrogens with zero attached hydrogens (tertiary/aromatic N) is 4. The smallest absolute Gasteiger partial charge is 0.208 e. The minimum absolute atomic E-state index is 0.111. The number of hydrogen-bond donors (Lipinski definition) is 0. The van der Waals surface area contributed by atoms with E-state index in [-0.39, 0.29) is 6.04 Å². The Morgan fingerprint density at radius 2 is 2.56 bits per heavy atom. The summed E-state index contributed by atoms with van der Waals surface area (Å²) in [7, 11) is 0. The zero-order chi connectivity index (χ0) is 6.69. The number of terminal acetylenes is 1. The van der Waals surface area contributed by atoms with Crippen molar-refractivity contribution in [3.63, 3.8) is 0 Å². The molecule has 0 aliphatic carbocycles. The quantitative estimate of drug-likeness (QED) is 0.478. The third-order valence-electron chi connectivity index (χ3n) is 0.936. The molecule has 4 heteroatoms. The molecule has 0 saturated heterocycles. The standard InChI is InChI=1S/C5H5N4/c1-3-5(2)9-4-6-7-8-9/h1,5H,2H3. The summed E-state index contributed by atoms with van der Waals surface area (Å²) in [6, 6.07) is -0.111. The van der Waals surface area contributed by atoms with Gasteiger partial charge in [0.25, 0.3) is 0 Å². The van der Waals surface area contributed by atoms with E-state index in [4.69, 9.17) is 6.42 Å². The van der Waals surface area contributed by atoms with Gasteiger partial charge in [0.15, 0.2) is 0 Å². The van der Waals surface area contributed by atoms with Gasteiger partial charge in [-0.3, -0.25) is 0 Å². The van der Waals surface area contributed by atoms with Crippen LogP contribution in [0.2, 0.25) is 0 Å².